The van der Waals surface area contributed by atoms with Crippen molar-refractivity contribution < 1.29 is 4.74 Å². The minimum Gasteiger partial charge on any atom is -0.457 e. The van der Waals surface area contributed by atoms with Gasteiger partial charge >= 0.3 is 17.1 Å². The Bertz CT molecular complexity index is 1340. The Kier molecular flexibility index (Phi) is 4.66. The molecule has 0 saturated heterocycles. The summed E-state index contributed by atoms with van der Waals surface area (Å²) in [6.45, 7) is 1.80. The molecule has 0 amide bonds. The number of aromatic nitrogens is 4. The Hall–Kier alpha value is -4.20. The highest BCUT2D eigenvalue weighted by Gasteiger charge is 2.15. The molecule has 0 fully saturated rings. The summed E-state index contributed by atoms with van der Waals surface area (Å²) in [5.41, 5.74) is -1.47. The second-order valence-electron chi connectivity index (χ2n) is 6.24. The summed E-state index contributed by atoms with van der Waals surface area (Å²) in [5.74, 6) is 1.37. The fourth-order valence-corrected chi connectivity index (χ4v) is 2.90. The fraction of sp³-hybridized carbons (Fsp3) is 0.0476. The van der Waals surface area contributed by atoms with Crippen LogP contribution in [0.2, 0.25) is 0 Å². The van der Waals surface area contributed by atoms with E-state index in [1.807, 2.05) is 30.3 Å². The first-order valence-corrected chi connectivity index (χ1v) is 8.78. The quantitative estimate of drug-likeness (QED) is 0.578. The van der Waals surface area contributed by atoms with Gasteiger partial charge in [0.1, 0.15) is 17.3 Å². The topological polar surface area (TPSA) is 99.0 Å². The molecule has 8 heteroatoms. The predicted molar refractivity (Wildman–Crippen MR) is 107 cm³/mol. The number of H-pyrrole nitrogens is 1. The number of aromatic amines is 1. The van der Waals surface area contributed by atoms with E-state index >= 15 is 0 Å². The maximum atomic E-state index is 12.9. The third-order valence-corrected chi connectivity index (χ3v) is 4.27. The molecule has 0 spiro atoms. The number of hydrogen-bond donors (Lipinski definition) is 1. The van der Waals surface area contributed by atoms with Crippen LogP contribution in [0.1, 0.15) is 5.56 Å². The van der Waals surface area contributed by atoms with Crippen LogP contribution in [0.3, 0.4) is 0 Å². The van der Waals surface area contributed by atoms with Crippen molar-refractivity contribution in [1.29, 1.82) is 0 Å². The lowest BCUT2D eigenvalue weighted by Crippen LogP contribution is -2.48. The molecule has 0 atom stereocenters. The van der Waals surface area contributed by atoms with Gasteiger partial charge in [-0.1, -0.05) is 24.3 Å². The zero-order chi connectivity index (χ0) is 20.4. The van der Waals surface area contributed by atoms with Crippen molar-refractivity contribution in [2.75, 3.05) is 0 Å². The molecule has 144 valence electrons. The van der Waals surface area contributed by atoms with Crippen LogP contribution < -0.4 is 21.8 Å². The minimum absolute atomic E-state index is 0.119. The number of rotatable bonds is 4. The number of nitrogens with one attached hydrogen (secondary N) is 1. The Morgan fingerprint density at radius 2 is 1.59 bits per heavy atom. The molecule has 1 N–H and O–H groups in total. The van der Waals surface area contributed by atoms with Gasteiger partial charge in [0.15, 0.2) is 0 Å². The van der Waals surface area contributed by atoms with E-state index in [0.29, 0.717) is 22.7 Å². The summed E-state index contributed by atoms with van der Waals surface area (Å²) in [5, 5.41) is 0. The first-order chi connectivity index (χ1) is 14.0. The molecular weight excluding hydrogens is 372 g/mol. The van der Waals surface area contributed by atoms with E-state index in [-0.39, 0.29) is 5.82 Å². The molecule has 4 aromatic rings. The third-order valence-electron chi connectivity index (χ3n) is 4.27. The average Bonchev–Trinajstić information content (AvgIpc) is 2.71. The van der Waals surface area contributed by atoms with Gasteiger partial charge in [0.05, 0.1) is 5.69 Å². The molecule has 8 nitrogen and oxygen atoms in total. The van der Waals surface area contributed by atoms with Gasteiger partial charge in [0.2, 0.25) is 0 Å². The summed E-state index contributed by atoms with van der Waals surface area (Å²) in [6, 6.07) is 19.0. The number of benzene rings is 2. The van der Waals surface area contributed by atoms with Crippen molar-refractivity contribution in [3.8, 4) is 23.0 Å². The van der Waals surface area contributed by atoms with Gasteiger partial charge in [-0.3, -0.25) is 4.98 Å². The molecule has 0 unspecified atom stereocenters. The highest BCUT2D eigenvalue weighted by Crippen LogP contribution is 2.26. The molecule has 29 heavy (non-hydrogen) atoms. The maximum absolute atomic E-state index is 12.9. The Morgan fingerprint density at radius 1 is 0.862 bits per heavy atom. The van der Waals surface area contributed by atoms with E-state index in [1.54, 1.807) is 37.3 Å². The molecule has 2 aromatic carbocycles. The zero-order valence-electron chi connectivity index (χ0n) is 15.4. The highest BCUT2D eigenvalue weighted by atomic mass is 16.5. The summed E-state index contributed by atoms with van der Waals surface area (Å²) < 4.78 is 7.53. The van der Waals surface area contributed by atoms with Crippen LogP contribution in [-0.4, -0.2) is 19.1 Å². The average molecular weight is 388 g/mol. The Labute approximate surface area is 164 Å². The molecule has 0 aliphatic rings. The number of pyridine rings is 1. The van der Waals surface area contributed by atoms with Crippen LogP contribution in [0.25, 0.3) is 11.5 Å². The van der Waals surface area contributed by atoms with E-state index in [0.717, 1.165) is 9.13 Å². The first-order valence-electron chi connectivity index (χ1n) is 8.78. The van der Waals surface area contributed by atoms with Crippen LogP contribution in [0, 0.1) is 6.92 Å². The van der Waals surface area contributed by atoms with Crippen molar-refractivity contribution in [2.24, 2.45) is 0 Å². The van der Waals surface area contributed by atoms with Gasteiger partial charge < -0.3 is 4.74 Å². The molecule has 4 rings (SSSR count). The van der Waals surface area contributed by atoms with Gasteiger partial charge in [-0.15, -0.1) is 0 Å². The summed E-state index contributed by atoms with van der Waals surface area (Å²) in [6.07, 6.45) is 1.45. The van der Waals surface area contributed by atoms with Crippen LogP contribution in [0.15, 0.2) is 87.3 Å². The van der Waals surface area contributed by atoms with Crippen molar-refractivity contribution >= 4 is 0 Å². The van der Waals surface area contributed by atoms with Crippen LogP contribution >= 0.6 is 0 Å². The van der Waals surface area contributed by atoms with Crippen molar-refractivity contribution in [3.63, 3.8) is 0 Å². The monoisotopic (exact) mass is 388 g/mol. The molecule has 2 heterocycles. The van der Waals surface area contributed by atoms with E-state index in [4.69, 9.17) is 4.74 Å². The van der Waals surface area contributed by atoms with Crippen LogP contribution in [-0.2, 0) is 0 Å². The molecule has 0 aliphatic carbocycles. The van der Waals surface area contributed by atoms with Crippen LogP contribution in [0.5, 0.6) is 11.5 Å². The molecule has 0 radical (unpaired) electrons. The molecule has 0 saturated carbocycles. The van der Waals surface area contributed by atoms with Crippen molar-refractivity contribution in [1.82, 2.24) is 19.1 Å². The number of para-hydroxylation sites is 1. The Balaban J connectivity index is 1.81. The second-order valence-corrected chi connectivity index (χ2v) is 6.24. The smallest absolute Gasteiger partial charge is 0.346 e. The zero-order valence-corrected chi connectivity index (χ0v) is 15.4. The summed E-state index contributed by atoms with van der Waals surface area (Å²) in [7, 11) is 0. The molecular formula is C21H16N4O4. The highest BCUT2D eigenvalue weighted by molar-refractivity contribution is 5.45. The fourth-order valence-electron chi connectivity index (χ4n) is 2.90. The molecule has 0 aliphatic heterocycles. The van der Waals surface area contributed by atoms with Crippen LogP contribution in [0.4, 0.5) is 0 Å². The normalized spacial score (nSPS) is 10.7. The largest absolute Gasteiger partial charge is 0.457 e. The summed E-state index contributed by atoms with van der Waals surface area (Å²) >= 11 is 0. The second kappa shape index (κ2) is 7.43. The minimum atomic E-state index is -0.851. The van der Waals surface area contributed by atoms with Gasteiger partial charge in [0, 0.05) is 6.20 Å². The van der Waals surface area contributed by atoms with Crippen molar-refractivity contribution in [3.05, 3.63) is 110 Å². The van der Waals surface area contributed by atoms with E-state index in [9.17, 15) is 14.4 Å². The standard InChI is InChI=1S/C21H16N4O4/c1-14-13-15(10-11-17(14)29-16-7-3-2-4-8-16)24-19(26)23-20(27)25(21(24)28)18-9-5-6-12-22-18/h2-13H,1H3,(H,23,26,27). The van der Waals surface area contributed by atoms with E-state index in [2.05, 4.69) is 9.97 Å². The SMILES string of the molecule is Cc1cc(-n2c(=O)[nH]c(=O)n(-c3ccccn3)c2=O)ccc1Oc1ccccc1. The summed E-state index contributed by atoms with van der Waals surface area (Å²) in [4.78, 5) is 43.7. The lowest BCUT2D eigenvalue weighted by molar-refractivity contribution is 0.478. The first kappa shape index (κ1) is 18.2. The number of ether oxygens (including phenoxy) is 1. The predicted octanol–water partition coefficient (Wildman–Crippen LogP) is 2.17. The van der Waals surface area contributed by atoms with E-state index < -0.39 is 17.1 Å². The maximum Gasteiger partial charge on any atom is 0.346 e. The lowest BCUT2D eigenvalue weighted by atomic mass is 10.2. The third kappa shape index (κ3) is 3.51. The number of aryl methyl sites for hydroxylation is 1. The lowest BCUT2D eigenvalue weighted by Gasteiger charge is -2.12. The van der Waals surface area contributed by atoms with Gasteiger partial charge in [-0.05, 0) is 55.0 Å². The Morgan fingerprint density at radius 3 is 2.28 bits per heavy atom. The van der Waals surface area contributed by atoms with Crippen molar-refractivity contribution in [2.45, 2.75) is 6.92 Å². The van der Waals surface area contributed by atoms with Gasteiger partial charge in [0.25, 0.3) is 0 Å². The van der Waals surface area contributed by atoms with Gasteiger partial charge in [-0.2, -0.15) is 4.57 Å². The molecule has 2 aromatic heterocycles. The van der Waals surface area contributed by atoms with Gasteiger partial charge in [-0.25, -0.2) is 23.9 Å². The van der Waals surface area contributed by atoms with E-state index in [1.165, 1.54) is 12.3 Å². The molecule has 0 bridgehead atoms. The number of hydrogen-bond acceptors (Lipinski definition) is 5. The number of nitrogens with zero attached hydrogens (tertiary/aromatic N) is 3.